The largest absolute Gasteiger partial charge is 0.401 e. The lowest BCUT2D eigenvalue weighted by Crippen LogP contribution is -2.29. The van der Waals surface area contributed by atoms with Gasteiger partial charge in [-0.15, -0.1) is 0 Å². The van der Waals surface area contributed by atoms with Crippen LogP contribution in [-0.2, 0) is 17.8 Å². The number of imidazole rings is 1. The van der Waals surface area contributed by atoms with Crippen LogP contribution in [0.3, 0.4) is 0 Å². The zero-order valence-electron chi connectivity index (χ0n) is 20.6. The predicted molar refractivity (Wildman–Crippen MR) is 135 cm³/mol. The third-order valence-electron chi connectivity index (χ3n) is 6.98. The summed E-state index contributed by atoms with van der Waals surface area (Å²) in [7, 11) is 0. The van der Waals surface area contributed by atoms with Gasteiger partial charge in [0.2, 0.25) is 0 Å². The van der Waals surface area contributed by atoms with Crippen LogP contribution < -0.4 is 16.0 Å². The fourth-order valence-electron chi connectivity index (χ4n) is 5.18. The first-order valence-corrected chi connectivity index (χ1v) is 12.5. The zero-order chi connectivity index (χ0) is 27.1. The van der Waals surface area contributed by atoms with Crippen LogP contribution in [0.5, 0.6) is 0 Å². The summed E-state index contributed by atoms with van der Waals surface area (Å²) in [6, 6.07) is 9.88. The molecular weight excluding hydrogens is 516 g/mol. The number of carbonyl (C=O) groups is 1. The van der Waals surface area contributed by atoms with Crippen molar-refractivity contribution in [3.05, 3.63) is 77.0 Å². The van der Waals surface area contributed by atoms with Crippen LogP contribution in [0, 0.1) is 5.82 Å². The lowest BCUT2D eigenvalue weighted by Gasteiger charge is -2.18. The summed E-state index contributed by atoms with van der Waals surface area (Å²) in [5, 5.41) is 8.48. The Labute approximate surface area is 220 Å². The molecule has 1 aromatic carbocycles. The highest BCUT2D eigenvalue weighted by molar-refractivity contribution is 6.06. The van der Waals surface area contributed by atoms with Crippen LogP contribution in [0.1, 0.15) is 39.5 Å². The van der Waals surface area contributed by atoms with E-state index in [4.69, 9.17) is 4.74 Å². The first-order chi connectivity index (χ1) is 18.8. The van der Waals surface area contributed by atoms with E-state index in [2.05, 4.69) is 25.9 Å². The molecule has 1 saturated heterocycles. The molecule has 0 aliphatic carbocycles. The van der Waals surface area contributed by atoms with Crippen molar-refractivity contribution in [3.63, 3.8) is 0 Å². The van der Waals surface area contributed by atoms with Crippen LogP contribution >= 0.6 is 0 Å². The summed E-state index contributed by atoms with van der Waals surface area (Å²) < 4.78 is 59.1. The first kappa shape index (κ1) is 25.3. The number of fused-ring (bicyclic) bond motifs is 2. The summed E-state index contributed by atoms with van der Waals surface area (Å²) in [5.74, 6) is -0.196. The van der Waals surface area contributed by atoms with Crippen molar-refractivity contribution < 1.29 is 27.1 Å². The van der Waals surface area contributed by atoms with E-state index in [0.29, 0.717) is 53.9 Å². The van der Waals surface area contributed by atoms with Gasteiger partial charge in [0.25, 0.3) is 5.91 Å². The SMILES string of the molecule is O=C1NCc2c(-c3cnc4cc(F)ccn34)ccc(Nc3ccc([C@@H]4CCOC4)c(CNCC(F)(F)F)n3)c21. The van der Waals surface area contributed by atoms with Gasteiger partial charge in [0.05, 0.1) is 42.0 Å². The second-order valence-electron chi connectivity index (χ2n) is 9.55. The van der Waals surface area contributed by atoms with Gasteiger partial charge in [-0.05, 0) is 35.7 Å². The number of benzene rings is 1. The molecule has 0 radical (unpaired) electrons. The summed E-state index contributed by atoms with van der Waals surface area (Å²) in [4.78, 5) is 21.8. The van der Waals surface area contributed by atoms with Crippen molar-refractivity contribution in [2.75, 3.05) is 25.1 Å². The fourth-order valence-corrected chi connectivity index (χ4v) is 5.18. The fraction of sp³-hybridized carbons (Fsp3) is 0.296. The summed E-state index contributed by atoms with van der Waals surface area (Å²) in [6.07, 6.45) is -0.346. The molecule has 5 heterocycles. The highest BCUT2D eigenvalue weighted by atomic mass is 19.4. The van der Waals surface area contributed by atoms with Gasteiger partial charge in [-0.25, -0.2) is 14.4 Å². The van der Waals surface area contributed by atoms with Gasteiger partial charge in [-0.1, -0.05) is 12.1 Å². The Morgan fingerprint density at radius 2 is 2.05 bits per heavy atom. The van der Waals surface area contributed by atoms with Gasteiger partial charge in [0, 0.05) is 43.4 Å². The standard InChI is InChI=1S/C27H24F4N6O2/c28-16-5-7-37-22(12-33-24(37)9-16)18-1-3-20(25-19(18)10-34-26(25)38)35-23-4-2-17(15-6-8-39-13-15)21(36-23)11-32-14-27(29,30)31/h1-5,7,9,12,15,32H,6,8,10-11,13-14H2,(H,34,38)(H,35,36)/t15-/m1/s1. The first-order valence-electron chi connectivity index (χ1n) is 12.5. The number of aromatic nitrogens is 3. The van der Waals surface area contributed by atoms with Crippen molar-refractivity contribution in [2.45, 2.75) is 31.6 Å². The predicted octanol–water partition coefficient (Wildman–Crippen LogP) is 4.68. The number of hydrogen-bond donors (Lipinski definition) is 3. The van der Waals surface area contributed by atoms with Crippen molar-refractivity contribution in [1.82, 2.24) is 25.0 Å². The maximum absolute atomic E-state index is 13.7. The Hall–Kier alpha value is -4.03. The Morgan fingerprint density at radius 1 is 1.18 bits per heavy atom. The molecule has 4 aromatic rings. The number of alkyl halides is 3. The Balaban J connectivity index is 1.33. The highest BCUT2D eigenvalue weighted by Crippen LogP contribution is 2.36. The minimum Gasteiger partial charge on any atom is -0.381 e. The van der Waals surface area contributed by atoms with Gasteiger partial charge in [0.1, 0.15) is 17.3 Å². The lowest BCUT2D eigenvalue weighted by atomic mass is 9.96. The van der Waals surface area contributed by atoms with E-state index in [0.717, 1.165) is 23.1 Å². The van der Waals surface area contributed by atoms with E-state index in [1.165, 1.54) is 12.1 Å². The molecule has 12 heteroatoms. The van der Waals surface area contributed by atoms with Gasteiger partial charge in [-0.2, -0.15) is 13.2 Å². The van der Waals surface area contributed by atoms with Gasteiger partial charge in [-0.3, -0.25) is 9.20 Å². The molecule has 2 aliphatic heterocycles. The topological polar surface area (TPSA) is 92.6 Å². The third-order valence-corrected chi connectivity index (χ3v) is 6.98. The number of rotatable bonds is 7. The van der Waals surface area contributed by atoms with E-state index < -0.39 is 18.5 Å². The van der Waals surface area contributed by atoms with E-state index in [1.807, 2.05) is 12.1 Å². The summed E-state index contributed by atoms with van der Waals surface area (Å²) in [5.41, 5.74) is 4.98. The second-order valence-corrected chi connectivity index (χ2v) is 9.55. The molecular formula is C27H24F4N6O2. The van der Waals surface area contributed by atoms with Gasteiger partial charge < -0.3 is 20.7 Å². The van der Waals surface area contributed by atoms with Gasteiger partial charge in [0.15, 0.2) is 0 Å². The molecule has 3 N–H and O–H groups in total. The molecule has 3 aromatic heterocycles. The number of pyridine rings is 2. The van der Waals surface area contributed by atoms with E-state index in [-0.39, 0.29) is 18.4 Å². The Bertz CT molecular complexity index is 1560. The number of ether oxygens (including phenoxy) is 1. The third kappa shape index (κ3) is 5.04. The van der Waals surface area contributed by atoms with Crippen molar-refractivity contribution in [2.24, 2.45) is 0 Å². The minimum atomic E-state index is -4.34. The molecule has 6 rings (SSSR count). The molecule has 0 unspecified atom stereocenters. The molecule has 0 spiro atoms. The molecule has 0 saturated carbocycles. The molecule has 0 bridgehead atoms. The normalized spacial score (nSPS) is 17.0. The molecule has 1 atom stereocenters. The number of hydrogen-bond acceptors (Lipinski definition) is 6. The summed E-state index contributed by atoms with van der Waals surface area (Å²) >= 11 is 0. The second kappa shape index (κ2) is 9.93. The van der Waals surface area contributed by atoms with Crippen molar-refractivity contribution in [3.8, 4) is 11.3 Å². The van der Waals surface area contributed by atoms with Crippen LogP contribution in [-0.4, -0.2) is 46.2 Å². The zero-order valence-corrected chi connectivity index (χ0v) is 20.6. The van der Waals surface area contributed by atoms with Crippen molar-refractivity contribution in [1.29, 1.82) is 0 Å². The molecule has 1 fully saturated rings. The highest BCUT2D eigenvalue weighted by Gasteiger charge is 2.29. The van der Waals surface area contributed by atoms with Crippen LogP contribution in [0.2, 0.25) is 0 Å². The molecule has 1 amide bonds. The number of amides is 1. The summed E-state index contributed by atoms with van der Waals surface area (Å²) in [6.45, 7) is 0.195. The molecule has 2 aliphatic rings. The van der Waals surface area contributed by atoms with E-state index in [9.17, 15) is 22.4 Å². The molecule has 8 nitrogen and oxygen atoms in total. The maximum Gasteiger partial charge on any atom is 0.401 e. The van der Waals surface area contributed by atoms with Gasteiger partial charge >= 0.3 is 6.18 Å². The van der Waals surface area contributed by atoms with Crippen LogP contribution in [0.25, 0.3) is 16.9 Å². The lowest BCUT2D eigenvalue weighted by molar-refractivity contribution is -0.125. The average molecular weight is 541 g/mol. The van der Waals surface area contributed by atoms with Crippen LogP contribution in [0.15, 0.2) is 48.8 Å². The monoisotopic (exact) mass is 540 g/mol. The number of nitrogens with one attached hydrogen (secondary N) is 3. The number of anilines is 2. The number of nitrogens with zero attached hydrogens (tertiary/aromatic N) is 3. The minimum absolute atomic E-state index is 0.0579. The number of carbonyl (C=O) groups excluding carboxylic acids is 1. The Morgan fingerprint density at radius 3 is 2.85 bits per heavy atom. The Kier molecular flexibility index (Phi) is 6.43. The van der Waals surface area contributed by atoms with E-state index in [1.54, 1.807) is 28.9 Å². The van der Waals surface area contributed by atoms with Crippen LogP contribution in [0.4, 0.5) is 29.1 Å². The quantitative estimate of drug-likeness (QED) is 0.295. The van der Waals surface area contributed by atoms with E-state index >= 15 is 0 Å². The average Bonchev–Trinajstić information content (AvgIpc) is 3.64. The number of halogens is 4. The molecule has 202 valence electrons. The van der Waals surface area contributed by atoms with Crippen molar-refractivity contribution >= 4 is 23.1 Å². The molecule has 39 heavy (non-hydrogen) atoms. The maximum atomic E-state index is 13.7. The smallest absolute Gasteiger partial charge is 0.381 e.